The number of fused-ring (bicyclic) bond motifs is 7. The smallest absolute Gasteiger partial charge is 0.131 e. The zero-order valence-corrected chi connectivity index (χ0v) is 17.0. The van der Waals surface area contributed by atoms with E-state index in [1.165, 1.54) is 16.7 Å². The van der Waals surface area contributed by atoms with Crippen LogP contribution < -0.4 is 16.8 Å². The van der Waals surface area contributed by atoms with Gasteiger partial charge in [-0.15, -0.1) is 0 Å². The topological polar surface area (TPSA) is 92.2 Å². The zero-order valence-electron chi connectivity index (χ0n) is 15.4. The SMILES string of the molecule is Nc1ccc2c(c1)C1N=C(c3c[nH]c4ccc(Br)cc34)NC1c1cc(N)ccc1-2. The second-order valence-corrected chi connectivity index (χ2v) is 8.55. The number of aromatic amines is 1. The molecule has 5 nitrogen and oxygen atoms in total. The number of nitrogens with zero attached hydrogens (tertiary/aromatic N) is 1. The van der Waals surface area contributed by atoms with Gasteiger partial charge >= 0.3 is 0 Å². The van der Waals surface area contributed by atoms with Crippen molar-refractivity contribution in [3.63, 3.8) is 0 Å². The van der Waals surface area contributed by atoms with Gasteiger partial charge in [-0.3, -0.25) is 4.99 Å². The van der Waals surface area contributed by atoms with Crippen molar-refractivity contribution in [2.45, 2.75) is 12.1 Å². The molecule has 3 aromatic carbocycles. The van der Waals surface area contributed by atoms with Crippen molar-refractivity contribution >= 4 is 44.0 Å². The van der Waals surface area contributed by atoms with Crippen LogP contribution in [0.3, 0.4) is 0 Å². The van der Waals surface area contributed by atoms with Crippen molar-refractivity contribution < 1.29 is 0 Å². The number of hydrogen-bond acceptors (Lipinski definition) is 4. The first-order valence-corrected chi connectivity index (χ1v) is 10.3. The van der Waals surface area contributed by atoms with Gasteiger partial charge in [-0.2, -0.15) is 0 Å². The fourth-order valence-corrected chi connectivity index (χ4v) is 4.93. The number of aliphatic imine (C=N–C) groups is 1. The number of nitrogens with one attached hydrogen (secondary N) is 2. The lowest BCUT2D eigenvalue weighted by atomic mass is 9.79. The van der Waals surface area contributed by atoms with Crippen LogP contribution in [0.4, 0.5) is 11.4 Å². The van der Waals surface area contributed by atoms with E-state index in [0.717, 1.165) is 43.7 Å². The number of halogens is 1. The van der Waals surface area contributed by atoms with E-state index >= 15 is 0 Å². The van der Waals surface area contributed by atoms with Gasteiger partial charge in [-0.1, -0.05) is 28.1 Å². The minimum atomic E-state index is -0.0464. The van der Waals surface area contributed by atoms with Crippen molar-refractivity contribution in [3.8, 4) is 11.1 Å². The average molecular weight is 444 g/mol. The van der Waals surface area contributed by atoms with Crippen molar-refractivity contribution in [1.82, 2.24) is 10.3 Å². The van der Waals surface area contributed by atoms with Crippen molar-refractivity contribution in [3.05, 3.63) is 82.0 Å². The molecular weight excluding hydrogens is 426 g/mol. The zero-order chi connectivity index (χ0) is 19.7. The molecular formula is C23H18BrN5. The van der Waals surface area contributed by atoms with Gasteiger partial charge in [0.15, 0.2) is 0 Å². The maximum Gasteiger partial charge on any atom is 0.131 e. The summed E-state index contributed by atoms with van der Waals surface area (Å²) in [6.45, 7) is 0. The normalized spacial score (nSPS) is 19.3. The fourth-order valence-electron chi connectivity index (χ4n) is 4.57. The molecule has 0 spiro atoms. The molecule has 1 aliphatic heterocycles. The van der Waals surface area contributed by atoms with Gasteiger partial charge in [0.1, 0.15) is 11.9 Å². The highest BCUT2D eigenvalue weighted by atomic mass is 79.9. The van der Waals surface area contributed by atoms with Crippen LogP contribution in [0.1, 0.15) is 28.8 Å². The van der Waals surface area contributed by atoms with E-state index < -0.39 is 0 Å². The maximum absolute atomic E-state index is 6.13. The highest BCUT2D eigenvalue weighted by Gasteiger charge is 2.39. The van der Waals surface area contributed by atoms with Crippen molar-refractivity contribution in [1.29, 1.82) is 0 Å². The second kappa shape index (κ2) is 5.87. The number of hydrogen-bond donors (Lipinski definition) is 4. The standard InChI is InChI=1S/C23H18BrN5/c24-11-1-6-20-16(7-11)19(10-27-20)23-28-21-17-8-12(25)2-4-14(17)15-5-3-13(26)9-18(15)22(21)29-23/h1-10,21-22,27H,25-26H2,(H,28,29). The Morgan fingerprint density at radius 1 is 0.828 bits per heavy atom. The van der Waals surface area contributed by atoms with Gasteiger partial charge in [-0.25, -0.2) is 0 Å². The third-order valence-electron chi connectivity index (χ3n) is 5.87. The number of rotatable bonds is 1. The lowest BCUT2D eigenvalue weighted by Crippen LogP contribution is -2.27. The number of anilines is 2. The highest BCUT2D eigenvalue weighted by molar-refractivity contribution is 9.10. The Hall–Kier alpha value is -3.25. The summed E-state index contributed by atoms with van der Waals surface area (Å²) in [5.41, 5.74) is 20.6. The number of nitrogen functional groups attached to an aromatic ring is 2. The van der Waals surface area contributed by atoms with Gasteiger partial charge in [0.25, 0.3) is 0 Å². The molecule has 1 aliphatic carbocycles. The molecule has 0 amide bonds. The van der Waals surface area contributed by atoms with Gasteiger partial charge in [0.2, 0.25) is 0 Å². The molecule has 6 heteroatoms. The third-order valence-corrected chi connectivity index (χ3v) is 6.36. The Labute approximate surface area is 176 Å². The molecule has 0 bridgehead atoms. The fraction of sp³-hybridized carbons (Fsp3) is 0.0870. The van der Waals surface area contributed by atoms with Crippen molar-refractivity contribution in [2.24, 2.45) is 4.99 Å². The van der Waals surface area contributed by atoms with Crippen LogP contribution in [0.25, 0.3) is 22.0 Å². The van der Waals surface area contributed by atoms with E-state index in [9.17, 15) is 0 Å². The first-order chi connectivity index (χ1) is 14.1. The molecule has 2 unspecified atom stereocenters. The number of aromatic nitrogens is 1. The number of amidine groups is 1. The largest absolute Gasteiger partial charge is 0.399 e. The minimum Gasteiger partial charge on any atom is -0.399 e. The van der Waals surface area contributed by atoms with E-state index in [1.807, 2.05) is 30.5 Å². The van der Waals surface area contributed by atoms with E-state index in [-0.39, 0.29) is 12.1 Å². The van der Waals surface area contributed by atoms with E-state index in [2.05, 4.69) is 56.6 Å². The Bertz CT molecular complexity index is 1340. The van der Waals surface area contributed by atoms with E-state index in [1.54, 1.807) is 0 Å². The van der Waals surface area contributed by atoms with Crippen LogP contribution in [0, 0.1) is 0 Å². The van der Waals surface area contributed by atoms with Crippen LogP contribution in [0.2, 0.25) is 0 Å². The van der Waals surface area contributed by atoms with Gasteiger partial charge < -0.3 is 21.8 Å². The molecule has 4 aromatic rings. The molecule has 2 heterocycles. The quantitative estimate of drug-likeness (QED) is 0.315. The molecule has 6 N–H and O–H groups in total. The van der Waals surface area contributed by atoms with Gasteiger partial charge in [-0.05, 0) is 64.7 Å². The second-order valence-electron chi connectivity index (χ2n) is 7.63. The van der Waals surface area contributed by atoms with Crippen LogP contribution in [0.5, 0.6) is 0 Å². The Balaban J connectivity index is 1.56. The summed E-state index contributed by atoms with van der Waals surface area (Å²) in [6, 6.07) is 18.4. The molecule has 0 saturated heterocycles. The summed E-state index contributed by atoms with van der Waals surface area (Å²) in [7, 11) is 0. The Morgan fingerprint density at radius 3 is 2.34 bits per heavy atom. The molecule has 0 fully saturated rings. The first kappa shape index (κ1) is 16.7. The summed E-state index contributed by atoms with van der Waals surface area (Å²) in [6.07, 6.45) is 2.01. The Morgan fingerprint density at radius 2 is 1.55 bits per heavy atom. The van der Waals surface area contributed by atoms with Crippen LogP contribution >= 0.6 is 15.9 Å². The van der Waals surface area contributed by atoms with E-state index in [4.69, 9.17) is 16.5 Å². The highest BCUT2D eigenvalue weighted by Crippen LogP contribution is 2.49. The summed E-state index contributed by atoms with van der Waals surface area (Å²) in [4.78, 5) is 8.47. The molecule has 6 rings (SSSR count). The average Bonchev–Trinajstić information content (AvgIpc) is 3.32. The number of nitrogens with two attached hydrogens (primary N) is 2. The molecule has 2 atom stereocenters. The van der Waals surface area contributed by atoms with Crippen molar-refractivity contribution in [2.75, 3.05) is 11.5 Å². The van der Waals surface area contributed by atoms with Crippen LogP contribution in [-0.2, 0) is 0 Å². The van der Waals surface area contributed by atoms with Crippen LogP contribution in [0.15, 0.2) is 70.3 Å². The van der Waals surface area contributed by atoms with E-state index in [0.29, 0.717) is 0 Å². The molecule has 142 valence electrons. The molecule has 0 saturated carbocycles. The van der Waals surface area contributed by atoms with Crippen LogP contribution in [-0.4, -0.2) is 10.8 Å². The Kier molecular flexibility index (Phi) is 3.38. The summed E-state index contributed by atoms with van der Waals surface area (Å²) in [5.74, 6) is 0.882. The van der Waals surface area contributed by atoms with Gasteiger partial charge in [0.05, 0.1) is 6.04 Å². The summed E-state index contributed by atoms with van der Waals surface area (Å²) >= 11 is 3.58. The lowest BCUT2D eigenvalue weighted by molar-refractivity contribution is 0.566. The first-order valence-electron chi connectivity index (χ1n) is 9.49. The summed E-state index contributed by atoms with van der Waals surface area (Å²) in [5, 5.41) is 4.80. The molecule has 1 aromatic heterocycles. The monoisotopic (exact) mass is 443 g/mol. The predicted octanol–water partition coefficient (Wildman–Crippen LogP) is 4.91. The van der Waals surface area contributed by atoms with Gasteiger partial charge in [0, 0.05) is 38.5 Å². The maximum atomic E-state index is 6.13. The molecule has 2 aliphatic rings. The number of H-pyrrole nitrogens is 1. The number of benzene rings is 3. The molecule has 29 heavy (non-hydrogen) atoms. The lowest BCUT2D eigenvalue weighted by Gasteiger charge is -2.30. The predicted molar refractivity (Wildman–Crippen MR) is 122 cm³/mol. The summed E-state index contributed by atoms with van der Waals surface area (Å²) < 4.78 is 1.04. The third kappa shape index (κ3) is 2.42. The minimum absolute atomic E-state index is 0.0231. The molecule has 0 radical (unpaired) electrons.